The maximum atomic E-state index is 12.0. The van der Waals surface area contributed by atoms with E-state index in [0.29, 0.717) is 12.1 Å². The Morgan fingerprint density at radius 1 is 1.25 bits per heavy atom. The maximum absolute atomic E-state index is 12.0. The third kappa shape index (κ3) is 3.76. The number of furan rings is 1. The van der Waals surface area contributed by atoms with E-state index in [-0.39, 0.29) is 24.4 Å². The van der Waals surface area contributed by atoms with Crippen molar-refractivity contribution in [2.24, 2.45) is 11.7 Å². The summed E-state index contributed by atoms with van der Waals surface area (Å²) >= 11 is 0. The zero-order valence-electron chi connectivity index (χ0n) is 13.3. The van der Waals surface area contributed by atoms with Crippen LogP contribution < -0.4 is 10.6 Å². The van der Waals surface area contributed by atoms with Crippen molar-refractivity contribution in [3.05, 3.63) is 54.0 Å². The van der Waals surface area contributed by atoms with Gasteiger partial charge in [0.25, 0.3) is 0 Å². The summed E-state index contributed by atoms with van der Waals surface area (Å²) < 4.78 is 10.2. The lowest BCUT2D eigenvalue weighted by Crippen LogP contribution is -2.41. The summed E-state index contributed by atoms with van der Waals surface area (Å²) in [5.74, 6) is -0.742. The summed E-state index contributed by atoms with van der Waals surface area (Å²) in [6.45, 7) is 1.69. The van der Waals surface area contributed by atoms with Crippen LogP contribution in [-0.4, -0.2) is 25.0 Å². The molecule has 24 heavy (non-hydrogen) atoms. The Morgan fingerprint density at radius 2 is 2.04 bits per heavy atom. The number of carbonyl (C=O) groups is 2. The van der Waals surface area contributed by atoms with Gasteiger partial charge in [0, 0.05) is 24.3 Å². The maximum Gasteiger partial charge on any atom is 0.338 e. The Hall–Kier alpha value is -2.76. The van der Waals surface area contributed by atoms with Crippen LogP contribution in [0, 0.1) is 5.92 Å². The van der Waals surface area contributed by atoms with Crippen molar-refractivity contribution in [1.82, 2.24) is 0 Å². The van der Waals surface area contributed by atoms with Gasteiger partial charge in [-0.25, -0.2) is 4.79 Å². The van der Waals surface area contributed by atoms with Gasteiger partial charge < -0.3 is 19.8 Å². The average Bonchev–Trinajstić information content (AvgIpc) is 3.13. The highest BCUT2D eigenvalue weighted by Crippen LogP contribution is 2.23. The third-order valence-electron chi connectivity index (χ3n) is 4.24. The molecule has 0 bridgehead atoms. The van der Waals surface area contributed by atoms with E-state index in [0.717, 1.165) is 30.6 Å². The summed E-state index contributed by atoms with van der Waals surface area (Å²) in [5, 5.41) is 0. The van der Waals surface area contributed by atoms with Crippen LogP contribution in [0.4, 0.5) is 5.69 Å². The van der Waals surface area contributed by atoms with Gasteiger partial charge >= 0.3 is 5.97 Å². The lowest BCUT2D eigenvalue weighted by atomic mass is 9.97. The number of nitrogens with two attached hydrogens (primary N) is 1. The van der Waals surface area contributed by atoms with Gasteiger partial charge in [-0.05, 0) is 43.2 Å². The van der Waals surface area contributed by atoms with Crippen molar-refractivity contribution in [3.8, 4) is 0 Å². The highest BCUT2D eigenvalue weighted by molar-refractivity contribution is 5.89. The number of primary amides is 1. The molecule has 1 aromatic heterocycles. The number of ether oxygens (including phenoxy) is 1. The first kappa shape index (κ1) is 16.1. The van der Waals surface area contributed by atoms with Gasteiger partial charge in [0.05, 0.1) is 24.0 Å². The molecule has 1 aliphatic heterocycles. The van der Waals surface area contributed by atoms with Crippen molar-refractivity contribution >= 4 is 17.6 Å². The molecule has 2 N–H and O–H groups in total. The molecule has 1 unspecified atom stereocenters. The Bertz CT molecular complexity index is 694. The molecule has 1 aromatic carbocycles. The highest BCUT2D eigenvalue weighted by Gasteiger charge is 2.24. The third-order valence-corrected chi connectivity index (χ3v) is 4.24. The van der Waals surface area contributed by atoms with E-state index >= 15 is 0 Å². The summed E-state index contributed by atoms with van der Waals surface area (Å²) in [7, 11) is 0. The SMILES string of the molecule is NC(=O)C1CCCN(c2ccc(C(=O)OCc3ccoc3)cc2)C1. The Balaban J connectivity index is 1.60. The zero-order valence-corrected chi connectivity index (χ0v) is 13.3. The van der Waals surface area contributed by atoms with E-state index in [2.05, 4.69) is 4.90 Å². The molecule has 1 saturated heterocycles. The lowest BCUT2D eigenvalue weighted by molar-refractivity contribution is -0.122. The van der Waals surface area contributed by atoms with E-state index in [9.17, 15) is 9.59 Å². The normalized spacial score (nSPS) is 17.5. The molecule has 2 aromatic rings. The number of benzene rings is 1. The number of esters is 1. The first-order valence-electron chi connectivity index (χ1n) is 7.96. The predicted molar refractivity (Wildman–Crippen MR) is 88.4 cm³/mol. The van der Waals surface area contributed by atoms with Crippen LogP contribution in [0.2, 0.25) is 0 Å². The molecular formula is C18H20N2O4. The van der Waals surface area contributed by atoms with E-state index in [4.69, 9.17) is 14.9 Å². The van der Waals surface area contributed by atoms with Crippen LogP contribution >= 0.6 is 0 Å². The Labute approximate surface area is 140 Å². The number of anilines is 1. The first-order chi connectivity index (χ1) is 11.6. The lowest BCUT2D eigenvalue weighted by Gasteiger charge is -2.33. The molecule has 0 aliphatic carbocycles. The Morgan fingerprint density at radius 3 is 2.71 bits per heavy atom. The van der Waals surface area contributed by atoms with Gasteiger partial charge in [0.2, 0.25) is 5.91 Å². The van der Waals surface area contributed by atoms with Crippen LogP contribution in [0.15, 0.2) is 47.3 Å². The van der Waals surface area contributed by atoms with Crippen LogP contribution in [0.5, 0.6) is 0 Å². The number of piperidine rings is 1. The number of nitrogens with zero attached hydrogens (tertiary/aromatic N) is 1. The van der Waals surface area contributed by atoms with Crippen molar-refractivity contribution in [2.45, 2.75) is 19.4 Å². The van der Waals surface area contributed by atoms with Gasteiger partial charge in [0.1, 0.15) is 6.61 Å². The number of amides is 1. The zero-order chi connectivity index (χ0) is 16.9. The van der Waals surface area contributed by atoms with Crippen LogP contribution in [0.1, 0.15) is 28.8 Å². The molecular weight excluding hydrogens is 308 g/mol. The second kappa shape index (κ2) is 7.21. The molecule has 2 heterocycles. The predicted octanol–water partition coefficient (Wildman–Crippen LogP) is 2.34. The molecule has 1 amide bonds. The topological polar surface area (TPSA) is 85.8 Å². The van der Waals surface area contributed by atoms with Crippen molar-refractivity contribution in [3.63, 3.8) is 0 Å². The highest BCUT2D eigenvalue weighted by atomic mass is 16.5. The molecule has 0 spiro atoms. The number of carbonyl (C=O) groups excluding carboxylic acids is 2. The van der Waals surface area contributed by atoms with Gasteiger partial charge in [-0.3, -0.25) is 4.79 Å². The first-order valence-corrected chi connectivity index (χ1v) is 7.96. The number of rotatable bonds is 5. The number of hydrogen-bond donors (Lipinski definition) is 1. The fourth-order valence-corrected chi connectivity index (χ4v) is 2.86. The van der Waals surface area contributed by atoms with Crippen LogP contribution in [0.3, 0.4) is 0 Å². The molecule has 1 aliphatic rings. The smallest absolute Gasteiger partial charge is 0.338 e. The van der Waals surface area contributed by atoms with E-state index < -0.39 is 0 Å². The summed E-state index contributed by atoms with van der Waals surface area (Å²) in [4.78, 5) is 25.5. The van der Waals surface area contributed by atoms with E-state index in [1.165, 1.54) is 6.26 Å². The molecule has 3 rings (SSSR count). The minimum Gasteiger partial charge on any atom is -0.472 e. The second-order valence-corrected chi connectivity index (χ2v) is 5.94. The largest absolute Gasteiger partial charge is 0.472 e. The molecule has 6 heteroatoms. The molecule has 0 saturated carbocycles. The Kier molecular flexibility index (Phi) is 4.84. The quantitative estimate of drug-likeness (QED) is 0.852. The summed E-state index contributed by atoms with van der Waals surface area (Å²) in [6.07, 6.45) is 4.85. The fourth-order valence-electron chi connectivity index (χ4n) is 2.86. The van der Waals surface area contributed by atoms with Crippen molar-refractivity contribution in [2.75, 3.05) is 18.0 Å². The summed E-state index contributed by atoms with van der Waals surface area (Å²) in [5.41, 5.74) is 7.69. The van der Waals surface area contributed by atoms with Crippen molar-refractivity contribution < 1.29 is 18.7 Å². The molecule has 6 nitrogen and oxygen atoms in total. The minimum absolute atomic E-state index is 0.113. The van der Waals surface area contributed by atoms with Crippen molar-refractivity contribution in [1.29, 1.82) is 0 Å². The molecule has 126 valence electrons. The monoisotopic (exact) mass is 328 g/mol. The fraction of sp³-hybridized carbons (Fsp3) is 0.333. The van der Waals surface area contributed by atoms with E-state index in [1.54, 1.807) is 24.5 Å². The molecule has 1 fully saturated rings. The van der Waals surface area contributed by atoms with E-state index in [1.807, 2.05) is 12.1 Å². The standard InChI is InChI=1S/C18H20N2O4/c19-17(21)15-2-1-8-20(10-15)16-5-3-14(4-6-16)18(22)24-12-13-7-9-23-11-13/h3-7,9,11,15H,1-2,8,10,12H2,(H2,19,21). The minimum atomic E-state index is -0.378. The van der Waals surface area contributed by atoms with Gasteiger partial charge in [0.15, 0.2) is 0 Å². The van der Waals surface area contributed by atoms with Gasteiger partial charge in [-0.15, -0.1) is 0 Å². The van der Waals surface area contributed by atoms with Gasteiger partial charge in [-0.1, -0.05) is 0 Å². The number of hydrogen-bond acceptors (Lipinski definition) is 5. The molecule has 1 atom stereocenters. The second-order valence-electron chi connectivity index (χ2n) is 5.94. The average molecular weight is 328 g/mol. The summed E-state index contributed by atoms with van der Waals surface area (Å²) in [6, 6.07) is 8.97. The van der Waals surface area contributed by atoms with Crippen LogP contribution in [-0.2, 0) is 16.1 Å². The van der Waals surface area contributed by atoms with Gasteiger partial charge in [-0.2, -0.15) is 0 Å². The molecule has 0 radical (unpaired) electrons. The van der Waals surface area contributed by atoms with Crippen LogP contribution in [0.25, 0.3) is 0 Å².